The maximum absolute atomic E-state index is 15.3. The predicted octanol–water partition coefficient (Wildman–Crippen LogP) is 13.5. The number of ether oxygens (including phenoxy) is 8. The minimum Gasteiger partial charge on any atom is -0.497 e. The molecule has 0 aliphatic carbocycles. The first-order chi connectivity index (χ1) is 55.7. The van der Waals surface area contributed by atoms with E-state index in [9.17, 15) is 0 Å². The van der Waals surface area contributed by atoms with E-state index in [4.69, 9.17) is 49.4 Å². The molecule has 0 aliphatic heterocycles. The molecule has 0 saturated heterocycles. The Hall–Kier alpha value is -12.1. The fourth-order valence-electron chi connectivity index (χ4n) is 12.8. The van der Waals surface area contributed by atoms with Gasteiger partial charge in [0.05, 0.1) is 80.1 Å². The van der Waals surface area contributed by atoms with Gasteiger partial charge in [0.15, 0.2) is 5.82 Å². The van der Waals surface area contributed by atoms with Gasteiger partial charge in [0.25, 0.3) is 0 Å². The Labute approximate surface area is 666 Å². The number of hydrogen-bond donors (Lipinski definition) is 2. The Morgan fingerprint density at radius 3 is 1.07 bits per heavy atom. The van der Waals surface area contributed by atoms with E-state index in [2.05, 4.69) is 40.9 Å². The molecular weight excluding hydrogens is 1550 g/mol. The largest absolute Gasteiger partial charge is 0.497 e. The summed E-state index contributed by atoms with van der Waals surface area (Å²) < 4.78 is 198. The minimum atomic E-state index is -5.11. The van der Waals surface area contributed by atoms with Crippen molar-refractivity contribution in [3.8, 4) is 57.3 Å². The number of halogens is 6. The minimum absolute atomic E-state index is 0.00513. The van der Waals surface area contributed by atoms with Gasteiger partial charge >= 0.3 is 12.4 Å². The Kier molecular flexibility index (Phi) is 27.7. The number of rotatable bonds is 34. The molecule has 0 radical (unpaired) electrons. The van der Waals surface area contributed by atoms with Crippen LogP contribution in [0.5, 0.6) is 34.5 Å². The number of aromatic nitrogens is 10. The van der Waals surface area contributed by atoms with Gasteiger partial charge in [-0.15, -0.1) is 15.3 Å². The summed E-state index contributed by atoms with van der Waals surface area (Å²) in [6.07, 6.45) is -6.41. The predicted molar refractivity (Wildman–Crippen MR) is 419 cm³/mol. The number of pyridine rings is 2. The first-order valence-corrected chi connectivity index (χ1v) is 38.8. The van der Waals surface area contributed by atoms with Gasteiger partial charge in [0.1, 0.15) is 55.9 Å². The average molecular weight is 1640 g/mol. The highest BCUT2D eigenvalue weighted by Crippen LogP contribution is 2.46. The highest BCUT2D eigenvalue weighted by atomic mass is 32.2. The van der Waals surface area contributed by atoms with Crippen molar-refractivity contribution in [1.82, 2.24) is 59.0 Å². The van der Waals surface area contributed by atoms with Crippen LogP contribution < -0.4 is 39.9 Å². The molecule has 4 N–H and O–H groups in total. The summed E-state index contributed by atoms with van der Waals surface area (Å²) in [6.45, 7) is -0.643. The second-order valence-corrected chi connectivity index (χ2v) is 30.3. The summed E-state index contributed by atoms with van der Waals surface area (Å²) in [5.74, 6) is 3.41. The highest BCUT2D eigenvalue weighted by Gasteiger charge is 2.45. The molecule has 8 aromatic carbocycles. The van der Waals surface area contributed by atoms with Crippen molar-refractivity contribution in [3.05, 3.63) is 272 Å². The summed E-state index contributed by atoms with van der Waals surface area (Å²) in [7, 11) is 2.00. The first kappa shape index (κ1) is 84.8. The van der Waals surface area contributed by atoms with E-state index in [0.717, 1.165) is 26.3 Å². The molecule has 12 aromatic rings. The lowest BCUT2D eigenvalue weighted by molar-refractivity contribution is -0.140. The zero-order chi connectivity index (χ0) is 82.9. The second-order valence-electron chi connectivity index (χ2n) is 26.5. The normalized spacial score (nSPS) is 11.9. The molecule has 4 heterocycles. The molecule has 0 unspecified atom stereocenters. The van der Waals surface area contributed by atoms with Gasteiger partial charge in [-0.3, -0.25) is 0 Å². The Bertz CT molecular complexity index is 5440. The summed E-state index contributed by atoms with van der Waals surface area (Å²) in [6, 6.07) is 48.2. The molecule has 4 aromatic heterocycles. The van der Waals surface area contributed by atoms with Crippen molar-refractivity contribution in [3.63, 3.8) is 0 Å². The monoisotopic (exact) mass is 1630 g/mol. The molecule has 0 amide bonds. The van der Waals surface area contributed by atoms with E-state index in [1.165, 1.54) is 78.5 Å². The van der Waals surface area contributed by atoms with E-state index in [1.807, 2.05) is 0 Å². The van der Waals surface area contributed by atoms with Crippen LogP contribution >= 0.6 is 0 Å². The Morgan fingerprint density at radius 1 is 0.388 bits per heavy atom. The number of nitrogens with two attached hydrogens (primary N) is 2. The lowest BCUT2D eigenvalue weighted by atomic mass is 9.96. The molecule has 0 spiro atoms. The second kappa shape index (κ2) is 37.9. The number of sulfonamides is 2. The first-order valence-electron chi connectivity index (χ1n) is 35.9. The quantitative estimate of drug-likeness (QED) is 0.0354. The average Bonchev–Trinajstić information content (AvgIpc) is 1.14. The fourth-order valence-corrected chi connectivity index (χ4v) is 16.5. The van der Waals surface area contributed by atoms with E-state index in [1.54, 1.807) is 170 Å². The molecule has 0 atom stereocenters. The Morgan fingerprint density at radius 2 is 0.724 bits per heavy atom. The van der Waals surface area contributed by atoms with Crippen LogP contribution in [0.2, 0.25) is 0 Å². The number of nitrogens with zero attached hydrogens (tertiary/aromatic N) is 12. The van der Waals surface area contributed by atoms with E-state index >= 15 is 43.2 Å². The summed E-state index contributed by atoms with van der Waals surface area (Å²) in [4.78, 5) is 7.77. The highest BCUT2D eigenvalue weighted by molar-refractivity contribution is 7.89. The third-order valence-electron chi connectivity index (χ3n) is 18.9. The fraction of sp³-hybridized carbons (Fsp3) is 0.268. The topological polar surface area (TPSA) is 314 Å². The van der Waals surface area contributed by atoms with Crippen LogP contribution in [-0.4, -0.2) is 133 Å². The number of hydrogen-bond acceptors (Lipinski definition) is 22. The number of alkyl halides is 6. The van der Waals surface area contributed by atoms with Gasteiger partial charge in [-0.2, -0.15) is 39.7 Å². The van der Waals surface area contributed by atoms with Crippen molar-refractivity contribution < 1.29 is 81.1 Å². The lowest BCUT2D eigenvalue weighted by Crippen LogP contribution is -2.33. The van der Waals surface area contributed by atoms with Crippen molar-refractivity contribution in [2.45, 2.75) is 100 Å². The van der Waals surface area contributed by atoms with E-state index in [-0.39, 0.29) is 124 Å². The maximum atomic E-state index is 15.3. The van der Waals surface area contributed by atoms with Crippen LogP contribution in [0.4, 0.5) is 38.0 Å². The van der Waals surface area contributed by atoms with Crippen molar-refractivity contribution in [2.75, 3.05) is 68.3 Å². The third-order valence-corrected chi connectivity index (χ3v) is 22.6. The number of anilines is 2. The van der Waals surface area contributed by atoms with Gasteiger partial charge in [0.2, 0.25) is 25.9 Å². The van der Waals surface area contributed by atoms with Crippen molar-refractivity contribution >= 4 is 31.7 Å². The van der Waals surface area contributed by atoms with E-state index < -0.39 is 53.3 Å². The molecule has 12 rings (SSSR count). The van der Waals surface area contributed by atoms with Crippen molar-refractivity contribution in [2.24, 2.45) is 0 Å². The molecule has 0 fully saturated rings. The molecule has 34 heteroatoms. The van der Waals surface area contributed by atoms with Gasteiger partial charge in [-0.05, 0) is 194 Å². The van der Waals surface area contributed by atoms with Crippen LogP contribution in [0.25, 0.3) is 22.8 Å². The lowest BCUT2D eigenvalue weighted by Gasteiger charge is -2.27. The molecule has 26 nitrogen and oxygen atoms in total. The molecular formula is C82H84F6N14O12S2. The summed E-state index contributed by atoms with van der Waals surface area (Å²) >= 11 is 0. The molecule has 0 bridgehead atoms. The SMILES string of the molecule is COCc1cc(CCc2ccc(C(F)(F)F)c(S(=O)(=O)N(Cc3ccc(OC)cc3)Cc3ccc(OC)cc3)c2-c2nnn(Cc3ccc(OC)cc3)n2)cnc1N.COCc1cc(CCc2ccc(C(F)(F)F)c(S(=O)(=O)N(Cc3ccc(OC)cc3)Cc3ccc(OC)cc3)c2-c2nnnn2Cc2ccc(OC)cc2)cnc1N. The smallest absolute Gasteiger partial charge is 0.417 e. The summed E-state index contributed by atoms with van der Waals surface area (Å²) in [5.41, 5.74) is 15.4. The molecule has 116 heavy (non-hydrogen) atoms. The van der Waals surface area contributed by atoms with E-state index in [0.29, 0.717) is 84.6 Å². The molecule has 0 aliphatic rings. The summed E-state index contributed by atoms with van der Waals surface area (Å²) in [5, 5.41) is 25.0. The third kappa shape index (κ3) is 20.9. The van der Waals surface area contributed by atoms with Crippen molar-refractivity contribution in [1.29, 1.82) is 0 Å². The van der Waals surface area contributed by atoms with Gasteiger partial charge < -0.3 is 49.4 Å². The standard InChI is InChI=1S/2C41H42F3N7O6S/c1-54-26-32-21-30(22-46-39(32)45)5-12-31-13-20-36(41(42,43)44)38(37(31)40-47-48-49-51(40)25-29-10-18-35(57-4)19-11-29)58(52,53)50(23-27-6-14-33(55-2)15-7-27)24-28-8-16-34(56-3)17-9-28;1-54-26-32-21-30(22-46-39(32)45)5-12-31-13-20-36(41(42,43)44)38(37(31)40-47-49-51(48-40)25-29-10-18-35(57-4)19-11-29)58(52,53)50(23-27-6-14-33(55-2)15-7-27)24-28-8-16-34(56-3)17-9-28/h2*6-11,13-22H,5,12,23-26H2,1-4H3,(H2,45,46). The van der Waals surface area contributed by atoms with Crippen LogP contribution in [0.15, 0.2) is 204 Å². The number of aryl methyl sites for hydroxylation is 4. The van der Waals surface area contributed by atoms with Crippen LogP contribution in [0, 0.1) is 0 Å². The number of benzene rings is 8. The molecule has 608 valence electrons. The Balaban J connectivity index is 0.000000228. The number of tetrazole rings is 2. The van der Waals surface area contributed by atoms with Gasteiger partial charge in [-0.25, -0.2) is 31.5 Å². The zero-order valence-electron chi connectivity index (χ0n) is 64.5. The van der Waals surface area contributed by atoms with Crippen LogP contribution in [0.3, 0.4) is 0 Å². The number of methoxy groups -OCH3 is 8. The zero-order valence-corrected chi connectivity index (χ0v) is 66.1. The van der Waals surface area contributed by atoms with Gasteiger partial charge in [0, 0.05) is 75.0 Å². The molecule has 0 saturated carbocycles. The van der Waals surface area contributed by atoms with Crippen LogP contribution in [-0.2, 0) is 120 Å². The van der Waals surface area contributed by atoms with Gasteiger partial charge in [-0.1, -0.05) is 84.9 Å². The number of nitrogen functional groups attached to an aromatic ring is 2. The maximum Gasteiger partial charge on any atom is 0.417 e. The van der Waals surface area contributed by atoms with Crippen LogP contribution in [0.1, 0.15) is 77.9 Å².